The van der Waals surface area contributed by atoms with E-state index in [0.717, 1.165) is 38.5 Å². The Kier molecular flexibility index (Phi) is 9.42. The molecule has 2 aliphatic rings. The van der Waals surface area contributed by atoms with Gasteiger partial charge in [0.2, 0.25) is 0 Å². The van der Waals surface area contributed by atoms with Crippen LogP contribution in [0.3, 0.4) is 0 Å². The van der Waals surface area contributed by atoms with Crippen LogP contribution in [0.4, 0.5) is 0 Å². The highest BCUT2D eigenvalue weighted by Gasteiger charge is 2.43. The summed E-state index contributed by atoms with van der Waals surface area (Å²) in [6.07, 6.45) is 10.6. The van der Waals surface area contributed by atoms with Crippen LogP contribution in [0.15, 0.2) is 49.6 Å². The fraction of sp³-hybridized carbons (Fsp3) is 0.733. The molecular weight excluding hydrogens is 392 g/mol. The molecule has 0 aliphatic heterocycles. The molecule has 0 aromatic rings. The summed E-state index contributed by atoms with van der Waals surface area (Å²) in [7, 11) is 0. The van der Waals surface area contributed by atoms with Crippen molar-refractivity contribution in [3.8, 4) is 0 Å². The summed E-state index contributed by atoms with van der Waals surface area (Å²) in [4.78, 5) is 0. The Balaban J connectivity index is 0.000000320. The molecule has 0 bridgehead atoms. The van der Waals surface area contributed by atoms with E-state index in [0.29, 0.717) is 23.7 Å². The third kappa shape index (κ3) is 6.94. The molecule has 2 N–H and O–H groups in total. The lowest BCUT2D eigenvalue weighted by molar-refractivity contribution is -0.0248. The van der Waals surface area contributed by atoms with Gasteiger partial charge in [0.25, 0.3) is 0 Å². The second-order valence-corrected chi connectivity index (χ2v) is 12.5. The largest absolute Gasteiger partial charge is 0.390 e. The zero-order valence-electron chi connectivity index (χ0n) is 22.4. The topological polar surface area (TPSA) is 40.5 Å². The van der Waals surface area contributed by atoms with Gasteiger partial charge in [-0.05, 0) is 115 Å². The van der Waals surface area contributed by atoms with E-state index in [2.05, 4.69) is 66.2 Å². The van der Waals surface area contributed by atoms with Crippen molar-refractivity contribution in [1.29, 1.82) is 0 Å². The first-order chi connectivity index (χ1) is 14.4. The molecule has 2 fully saturated rings. The van der Waals surface area contributed by atoms with E-state index in [1.54, 1.807) is 0 Å². The monoisotopic (exact) mass is 444 g/mol. The Morgan fingerprint density at radius 3 is 1.22 bits per heavy atom. The van der Waals surface area contributed by atoms with Crippen molar-refractivity contribution in [2.24, 2.45) is 34.5 Å². The average Bonchev–Trinajstić information content (AvgIpc) is 2.66. The van der Waals surface area contributed by atoms with Crippen molar-refractivity contribution < 1.29 is 10.2 Å². The van der Waals surface area contributed by atoms with Gasteiger partial charge in [0.05, 0.1) is 11.2 Å². The molecule has 0 heterocycles. The molecule has 0 amide bonds. The van der Waals surface area contributed by atoms with E-state index in [9.17, 15) is 10.2 Å². The molecular formula is C30H52O2. The van der Waals surface area contributed by atoms with Gasteiger partial charge in [0.1, 0.15) is 0 Å². The zero-order chi connectivity index (χ0) is 25.1. The molecule has 2 aliphatic carbocycles. The molecule has 0 aromatic carbocycles. The first-order valence-corrected chi connectivity index (χ1v) is 12.4. The molecule has 2 heteroatoms. The minimum atomic E-state index is -0.573. The SMILES string of the molecule is C=CC1(C)CCC(C(C)(C)O)CC1C(=C)C.C=CC1(C)CCC(C(C)(C)O)CC1C(=C)C. The molecule has 0 saturated heterocycles. The van der Waals surface area contributed by atoms with Gasteiger partial charge in [-0.2, -0.15) is 0 Å². The fourth-order valence-corrected chi connectivity index (χ4v) is 5.96. The predicted octanol–water partition coefficient (Wildman–Crippen LogP) is 7.88. The zero-order valence-corrected chi connectivity index (χ0v) is 22.4. The summed E-state index contributed by atoms with van der Waals surface area (Å²) in [5.74, 6) is 1.66. The first kappa shape index (κ1) is 28.9. The summed E-state index contributed by atoms with van der Waals surface area (Å²) in [5.41, 5.74) is 1.61. The van der Waals surface area contributed by atoms with Gasteiger partial charge < -0.3 is 10.2 Å². The maximum Gasteiger partial charge on any atom is 0.0620 e. The lowest BCUT2D eigenvalue weighted by Gasteiger charge is -2.46. The maximum absolute atomic E-state index is 10.1. The van der Waals surface area contributed by atoms with Crippen LogP contribution in [0.1, 0.15) is 93.9 Å². The molecule has 6 unspecified atom stereocenters. The van der Waals surface area contributed by atoms with E-state index in [4.69, 9.17) is 0 Å². The van der Waals surface area contributed by atoms with Crippen molar-refractivity contribution in [1.82, 2.24) is 0 Å². The minimum absolute atomic E-state index is 0.160. The maximum atomic E-state index is 10.1. The van der Waals surface area contributed by atoms with Crippen LogP contribution >= 0.6 is 0 Å². The van der Waals surface area contributed by atoms with Gasteiger partial charge in [0, 0.05) is 0 Å². The van der Waals surface area contributed by atoms with Gasteiger partial charge in [-0.25, -0.2) is 0 Å². The van der Waals surface area contributed by atoms with Crippen LogP contribution in [-0.4, -0.2) is 21.4 Å². The highest BCUT2D eigenvalue weighted by molar-refractivity contribution is 5.14. The average molecular weight is 445 g/mol. The second-order valence-electron chi connectivity index (χ2n) is 12.5. The Morgan fingerprint density at radius 2 is 1.03 bits per heavy atom. The Bertz CT molecular complexity index is 629. The van der Waals surface area contributed by atoms with Gasteiger partial charge in [0.15, 0.2) is 0 Å². The van der Waals surface area contributed by atoms with Crippen molar-refractivity contribution in [3.63, 3.8) is 0 Å². The molecule has 0 spiro atoms. The minimum Gasteiger partial charge on any atom is -0.390 e. The normalized spacial score (nSPS) is 35.8. The van der Waals surface area contributed by atoms with Gasteiger partial charge in [-0.3, -0.25) is 0 Å². The number of hydrogen-bond acceptors (Lipinski definition) is 2. The Labute approximate surface area is 199 Å². The Morgan fingerprint density at radius 1 is 0.750 bits per heavy atom. The number of aliphatic hydroxyl groups is 2. The van der Waals surface area contributed by atoms with Gasteiger partial charge in [-0.1, -0.05) is 50.3 Å². The summed E-state index contributed by atoms with van der Waals surface area (Å²) in [6, 6.07) is 0. The highest BCUT2D eigenvalue weighted by atomic mass is 16.3. The van der Waals surface area contributed by atoms with Crippen molar-refractivity contribution in [3.05, 3.63) is 49.6 Å². The van der Waals surface area contributed by atoms with Gasteiger partial charge >= 0.3 is 0 Å². The lowest BCUT2D eigenvalue weighted by Crippen LogP contribution is -2.41. The third-order valence-electron chi connectivity index (χ3n) is 8.82. The first-order valence-electron chi connectivity index (χ1n) is 12.4. The van der Waals surface area contributed by atoms with Crippen LogP contribution in [0.25, 0.3) is 0 Å². The number of hydrogen-bond donors (Lipinski definition) is 2. The molecule has 0 aromatic heterocycles. The van der Waals surface area contributed by atoms with E-state index in [1.165, 1.54) is 11.1 Å². The predicted molar refractivity (Wildman–Crippen MR) is 140 cm³/mol. The van der Waals surface area contributed by atoms with Gasteiger partial charge in [-0.15, -0.1) is 13.2 Å². The molecule has 2 rings (SSSR count). The van der Waals surface area contributed by atoms with Crippen LogP contribution in [0.2, 0.25) is 0 Å². The molecule has 2 nitrogen and oxygen atoms in total. The van der Waals surface area contributed by atoms with Crippen molar-refractivity contribution >= 4 is 0 Å². The smallest absolute Gasteiger partial charge is 0.0620 e. The third-order valence-corrected chi connectivity index (χ3v) is 8.82. The van der Waals surface area contributed by atoms with E-state index < -0.39 is 11.2 Å². The number of allylic oxidation sites excluding steroid dienone is 4. The Hall–Kier alpha value is -1.12. The number of rotatable bonds is 6. The van der Waals surface area contributed by atoms with E-state index in [-0.39, 0.29) is 10.8 Å². The van der Waals surface area contributed by atoms with Crippen LogP contribution in [-0.2, 0) is 0 Å². The van der Waals surface area contributed by atoms with Crippen molar-refractivity contribution in [2.45, 2.75) is 105 Å². The van der Waals surface area contributed by atoms with E-state index in [1.807, 2.05) is 27.7 Å². The van der Waals surface area contributed by atoms with Crippen molar-refractivity contribution in [2.75, 3.05) is 0 Å². The summed E-state index contributed by atoms with van der Waals surface area (Å²) in [5, 5.41) is 20.3. The summed E-state index contributed by atoms with van der Waals surface area (Å²) < 4.78 is 0. The second kappa shape index (κ2) is 10.4. The summed E-state index contributed by atoms with van der Waals surface area (Å²) >= 11 is 0. The highest BCUT2D eigenvalue weighted by Crippen LogP contribution is 2.50. The van der Waals surface area contributed by atoms with Crippen LogP contribution in [0.5, 0.6) is 0 Å². The molecule has 2 saturated carbocycles. The lowest BCUT2D eigenvalue weighted by atomic mass is 9.60. The summed E-state index contributed by atoms with van der Waals surface area (Å²) in [6.45, 7) is 32.6. The van der Waals surface area contributed by atoms with E-state index >= 15 is 0 Å². The molecule has 6 atom stereocenters. The molecule has 184 valence electrons. The molecule has 32 heavy (non-hydrogen) atoms. The fourth-order valence-electron chi connectivity index (χ4n) is 5.96. The standard InChI is InChI=1S/2C15H26O/c2*1-7-15(6)9-8-12(14(4,5)16)10-13(15)11(2)3/h2*7,12-13,16H,1-2,8-10H2,3-6H3. The van der Waals surface area contributed by atoms with Crippen LogP contribution < -0.4 is 0 Å². The quantitative estimate of drug-likeness (QED) is 0.409. The molecule has 0 radical (unpaired) electrons. The van der Waals surface area contributed by atoms with Crippen LogP contribution in [0, 0.1) is 34.5 Å².